The van der Waals surface area contributed by atoms with E-state index in [1.54, 1.807) is 0 Å². The number of benzene rings is 1. The van der Waals surface area contributed by atoms with Gasteiger partial charge in [0.05, 0.1) is 12.2 Å². The standard InChI is InChI=1S/C14H14N2/c1-3-4-9-16-10-8-14(15-16)13-7-5-6-12(2)11-13/h1,5-8,10-11H,4,9H2,2H3. The van der Waals surface area contributed by atoms with Gasteiger partial charge >= 0.3 is 0 Å². The molecule has 1 heterocycles. The summed E-state index contributed by atoms with van der Waals surface area (Å²) in [6.07, 6.45) is 7.91. The summed E-state index contributed by atoms with van der Waals surface area (Å²) >= 11 is 0. The first-order valence-corrected chi connectivity index (χ1v) is 5.33. The quantitative estimate of drug-likeness (QED) is 0.712. The van der Waals surface area contributed by atoms with Gasteiger partial charge in [-0.15, -0.1) is 12.3 Å². The zero-order valence-electron chi connectivity index (χ0n) is 9.35. The molecule has 0 aliphatic rings. The molecule has 0 unspecified atom stereocenters. The fourth-order valence-corrected chi connectivity index (χ4v) is 1.62. The summed E-state index contributed by atoms with van der Waals surface area (Å²) in [5, 5.41) is 4.48. The Morgan fingerprint density at radius 1 is 1.38 bits per heavy atom. The van der Waals surface area contributed by atoms with Crippen LogP contribution in [-0.2, 0) is 6.54 Å². The van der Waals surface area contributed by atoms with Crippen molar-refractivity contribution in [3.05, 3.63) is 42.1 Å². The Hall–Kier alpha value is -2.01. The van der Waals surface area contributed by atoms with Crippen molar-refractivity contribution in [2.75, 3.05) is 0 Å². The number of hydrogen-bond donors (Lipinski definition) is 0. The van der Waals surface area contributed by atoms with Gasteiger partial charge in [-0.1, -0.05) is 23.8 Å². The van der Waals surface area contributed by atoms with Crippen LogP contribution in [0.5, 0.6) is 0 Å². The Morgan fingerprint density at radius 3 is 3.00 bits per heavy atom. The highest BCUT2D eigenvalue weighted by atomic mass is 15.3. The zero-order valence-corrected chi connectivity index (χ0v) is 9.35. The van der Waals surface area contributed by atoms with E-state index in [4.69, 9.17) is 6.42 Å². The van der Waals surface area contributed by atoms with E-state index in [1.807, 2.05) is 23.0 Å². The second-order valence-corrected chi connectivity index (χ2v) is 3.79. The third kappa shape index (κ3) is 2.32. The van der Waals surface area contributed by atoms with Crippen LogP contribution >= 0.6 is 0 Å². The van der Waals surface area contributed by atoms with Crippen LogP contribution in [0.2, 0.25) is 0 Å². The van der Waals surface area contributed by atoms with E-state index >= 15 is 0 Å². The first kappa shape index (κ1) is 10.5. The van der Waals surface area contributed by atoms with Crippen LogP contribution in [0.15, 0.2) is 36.5 Å². The fraction of sp³-hybridized carbons (Fsp3) is 0.214. The largest absolute Gasteiger partial charge is 0.271 e. The van der Waals surface area contributed by atoms with Crippen LogP contribution in [0.4, 0.5) is 0 Å². The molecular formula is C14H14N2. The number of aryl methyl sites for hydroxylation is 2. The first-order valence-electron chi connectivity index (χ1n) is 5.33. The maximum absolute atomic E-state index is 5.22. The molecule has 80 valence electrons. The van der Waals surface area contributed by atoms with Gasteiger partial charge in [-0.2, -0.15) is 5.10 Å². The van der Waals surface area contributed by atoms with Crippen LogP contribution in [0.3, 0.4) is 0 Å². The maximum atomic E-state index is 5.22. The number of rotatable bonds is 3. The number of nitrogens with zero attached hydrogens (tertiary/aromatic N) is 2. The van der Waals surface area contributed by atoms with Crippen molar-refractivity contribution in [1.29, 1.82) is 0 Å². The van der Waals surface area contributed by atoms with E-state index < -0.39 is 0 Å². The highest BCUT2D eigenvalue weighted by Gasteiger charge is 2.01. The minimum atomic E-state index is 0.717. The van der Waals surface area contributed by atoms with Crippen LogP contribution in [0.25, 0.3) is 11.3 Å². The third-order valence-corrected chi connectivity index (χ3v) is 2.44. The summed E-state index contributed by atoms with van der Waals surface area (Å²) in [5.74, 6) is 2.61. The lowest BCUT2D eigenvalue weighted by molar-refractivity contribution is 0.632. The normalized spacial score (nSPS) is 10.0. The zero-order chi connectivity index (χ0) is 11.4. The van der Waals surface area contributed by atoms with Crippen LogP contribution < -0.4 is 0 Å². The summed E-state index contributed by atoms with van der Waals surface area (Å²) in [5.41, 5.74) is 3.40. The molecule has 0 spiro atoms. The lowest BCUT2D eigenvalue weighted by Crippen LogP contribution is -1.97. The van der Waals surface area contributed by atoms with Gasteiger partial charge in [-0.05, 0) is 19.1 Å². The minimum absolute atomic E-state index is 0.717. The Balaban J connectivity index is 2.22. The molecule has 16 heavy (non-hydrogen) atoms. The highest BCUT2D eigenvalue weighted by Crippen LogP contribution is 2.17. The second kappa shape index (κ2) is 4.67. The summed E-state index contributed by atoms with van der Waals surface area (Å²) in [6, 6.07) is 10.4. The molecule has 2 rings (SSSR count). The molecule has 0 N–H and O–H groups in total. The maximum Gasteiger partial charge on any atom is 0.0923 e. The molecule has 0 atom stereocenters. The molecule has 0 saturated carbocycles. The Labute approximate surface area is 95.9 Å². The molecule has 2 aromatic rings. The SMILES string of the molecule is C#CCCn1ccc(-c2cccc(C)c2)n1. The van der Waals surface area contributed by atoms with Gasteiger partial charge in [0.15, 0.2) is 0 Å². The van der Waals surface area contributed by atoms with Crippen molar-refractivity contribution in [2.45, 2.75) is 19.9 Å². The van der Waals surface area contributed by atoms with E-state index in [9.17, 15) is 0 Å². The van der Waals surface area contributed by atoms with E-state index in [-0.39, 0.29) is 0 Å². The van der Waals surface area contributed by atoms with Crippen molar-refractivity contribution in [3.8, 4) is 23.6 Å². The van der Waals surface area contributed by atoms with Crippen molar-refractivity contribution in [1.82, 2.24) is 9.78 Å². The van der Waals surface area contributed by atoms with Gasteiger partial charge in [-0.3, -0.25) is 4.68 Å². The van der Waals surface area contributed by atoms with Crippen LogP contribution in [0.1, 0.15) is 12.0 Å². The van der Waals surface area contributed by atoms with Gasteiger partial charge in [0.1, 0.15) is 0 Å². The molecule has 0 radical (unpaired) electrons. The molecule has 1 aromatic heterocycles. The van der Waals surface area contributed by atoms with Crippen molar-refractivity contribution >= 4 is 0 Å². The van der Waals surface area contributed by atoms with Crippen molar-refractivity contribution in [2.24, 2.45) is 0 Å². The lowest BCUT2D eigenvalue weighted by atomic mass is 10.1. The number of aromatic nitrogens is 2. The molecule has 2 heteroatoms. The lowest BCUT2D eigenvalue weighted by Gasteiger charge is -1.99. The molecule has 0 fully saturated rings. The van der Waals surface area contributed by atoms with E-state index in [2.05, 4.69) is 36.1 Å². The minimum Gasteiger partial charge on any atom is -0.271 e. The molecule has 2 nitrogen and oxygen atoms in total. The van der Waals surface area contributed by atoms with Crippen LogP contribution in [0, 0.1) is 19.3 Å². The Bertz CT molecular complexity index is 518. The van der Waals surface area contributed by atoms with Crippen molar-refractivity contribution in [3.63, 3.8) is 0 Å². The Kier molecular flexibility index (Phi) is 3.07. The van der Waals surface area contributed by atoms with E-state index in [0.29, 0.717) is 0 Å². The average molecular weight is 210 g/mol. The molecule has 1 aromatic carbocycles. The average Bonchev–Trinajstić information content (AvgIpc) is 2.75. The molecule has 0 bridgehead atoms. The fourth-order valence-electron chi connectivity index (χ4n) is 1.62. The highest BCUT2D eigenvalue weighted by molar-refractivity contribution is 5.59. The summed E-state index contributed by atoms with van der Waals surface area (Å²) in [7, 11) is 0. The topological polar surface area (TPSA) is 17.8 Å². The second-order valence-electron chi connectivity index (χ2n) is 3.79. The predicted molar refractivity (Wildman–Crippen MR) is 65.9 cm³/mol. The predicted octanol–water partition coefficient (Wildman–Crippen LogP) is 2.88. The van der Waals surface area contributed by atoms with Gasteiger partial charge < -0.3 is 0 Å². The first-order chi connectivity index (χ1) is 7.79. The molecule has 0 saturated heterocycles. The number of hydrogen-bond acceptors (Lipinski definition) is 1. The smallest absolute Gasteiger partial charge is 0.0923 e. The monoisotopic (exact) mass is 210 g/mol. The van der Waals surface area contributed by atoms with E-state index in [1.165, 1.54) is 5.56 Å². The number of terminal acetylenes is 1. The van der Waals surface area contributed by atoms with Gasteiger partial charge in [0, 0.05) is 18.2 Å². The molecule has 0 aliphatic heterocycles. The van der Waals surface area contributed by atoms with Crippen LogP contribution in [-0.4, -0.2) is 9.78 Å². The van der Waals surface area contributed by atoms with Crippen molar-refractivity contribution < 1.29 is 0 Å². The summed E-state index contributed by atoms with van der Waals surface area (Å²) < 4.78 is 1.89. The van der Waals surface area contributed by atoms with Gasteiger partial charge in [0.25, 0.3) is 0 Å². The third-order valence-electron chi connectivity index (χ3n) is 2.44. The molecule has 0 amide bonds. The molecule has 0 aliphatic carbocycles. The Morgan fingerprint density at radius 2 is 2.25 bits per heavy atom. The van der Waals surface area contributed by atoms with Gasteiger partial charge in [0.2, 0.25) is 0 Å². The summed E-state index contributed by atoms with van der Waals surface area (Å²) in [4.78, 5) is 0. The summed E-state index contributed by atoms with van der Waals surface area (Å²) in [6.45, 7) is 2.86. The molecular weight excluding hydrogens is 196 g/mol. The van der Waals surface area contributed by atoms with E-state index in [0.717, 1.165) is 24.2 Å². The van der Waals surface area contributed by atoms with Gasteiger partial charge in [-0.25, -0.2) is 0 Å².